The van der Waals surface area contributed by atoms with Gasteiger partial charge in [0.2, 0.25) is 0 Å². The number of halogens is 1. The Morgan fingerprint density at radius 1 is 0.957 bits per heavy atom. The van der Waals surface area contributed by atoms with Crippen molar-refractivity contribution in [2.45, 2.75) is 84.2 Å². The molecule has 3 atom stereocenters. The molecule has 0 amide bonds. The summed E-state index contributed by atoms with van der Waals surface area (Å²) in [5.74, 6) is 0. The second kappa shape index (κ2) is 13.1. The second-order valence-electron chi connectivity index (χ2n) is 6.70. The van der Waals surface area contributed by atoms with Crippen molar-refractivity contribution in [1.29, 1.82) is 0 Å². The standard InChI is InChI=1S/C9H18FNO.C7H15NO.C2H6/c1-7(2)11-5-3-8(10)9(12)4-6-11;1-8-5-3-2-4-7(9)6-8;1-2/h7-9,12H,3-6H2,1-2H3;7,9H,2-6H2,1H3;1-2H3. The summed E-state index contributed by atoms with van der Waals surface area (Å²) in [6, 6.07) is 0.461. The molecule has 3 unspecified atom stereocenters. The molecule has 0 aromatic rings. The van der Waals surface area contributed by atoms with Crippen molar-refractivity contribution in [3.05, 3.63) is 0 Å². The van der Waals surface area contributed by atoms with Crippen molar-refractivity contribution >= 4 is 0 Å². The maximum absolute atomic E-state index is 13.0. The highest BCUT2D eigenvalue weighted by atomic mass is 19.1. The molecular weight excluding hydrogens is 295 g/mol. The number of alkyl halides is 1. The maximum Gasteiger partial charge on any atom is 0.127 e. The highest BCUT2D eigenvalue weighted by molar-refractivity contribution is 4.77. The predicted octanol–water partition coefficient (Wildman–Crippen LogP) is 2.68. The second-order valence-corrected chi connectivity index (χ2v) is 6.70. The van der Waals surface area contributed by atoms with E-state index in [0.29, 0.717) is 18.9 Å². The lowest BCUT2D eigenvalue weighted by molar-refractivity contribution is 0.0753. The smallest absolute Gasteiger partial charge is 0.127 e. The Bertz CT molecular complexity index is 258. The number of nitrogens with zero attached hydrogens (tertiary/aromatic N) is 2. The van der Waals surface area contributed by atoms with E-state index in [1.807, 2.05) is 13.8 Å². The van der Waals surface area contributed by atoms with Crippen LogP contribution in [0.1, 0.15) is 59.8 Å². The lowest BCUT2D eigenvalue weighted by Crippen LogP contribution is -2.31. The Morgan fingerprint density at radius 3 is 2.17 bits per heavy atom. The van der Waals surface area contributed by atoms with Gasteiger partial charge in [0.25, 0.3) is 0 Å². The summed E-state index contributed by atoms with van der Waals surface area (Å²) >= 11 is 0. The van der Waals surface area contributed by atoms with Crippen LogP contribution in [0.15, 0.2) is 0 Å². The Labute approximate surface area is 142 Å². The highest BCUT2D eigenvalue weighted by Gasteiger charge is 2.24. The van der Waals surface area contributed by atoms with Crippen LogP contribution < -0.4 is 0 Å². The molecule has 0 bridgehead atoms. The first-order valence-electron chi connectivity index (χ1n) is 9.33. The van der Waals surface area contributed by atoms with Crippen LogP contribution in [0, 0.1) is 0 Å². The van der Waals surface area contributed by atoms with Crippen LogP contribution in [0.5, 0.6) is 0 Å². The molecule has 2 rings (SSSR count). The zero-order valence-corrected chi connectivity index (χ0v) is 15.8. The molecule has 2 aliphatic heterocycles. The van der Waals surface area contributed by atoms with E-state index in [9.17, 15) is 14.6 Å². The zero-order chi connectivity index (χ0) is 17.8. The monoisotopic (exact) mass is 334 g/mol. The third-order valence-electron chi connectivity index (χ3n) is 4.40. The number of likely N-dealkylation sites (tertiary alicyclic amines) is 2. The fourth-order valence-electron chi connectivity index (χ4n) is 2.89. The van der Waals surface area contributed by atoms with E-state index in [1.54, 1.807) is 0 Å². The van der Waals surface area contributed by atoms with E-state index in [4.69, 9.17) is 0 Å². The quantitative estimate of drug-likeness (QED) is 0.774. The third kappa shape index (κ3) is 10.3. The van der Waals surface area contributed by atoms with Gasteiger partial charge in [0.1, 0.15) is 6.17 Å². The van der Waals surface area contributed by atoms with E-state index in [0.717, 1.165) is 32.6 Å². The van der Waals surface area contributed by atoms with E-state index >= 15 is 0 Å². The molecule has 2 N–H and O–H groups in total. The van der Waals surface area contributed by atoms with Gasteiger partial charge in [0.05, 0.1) is 12.2 Å². The summed E-state index contributed by atoms with van der Waals surface area (Å²) in [6.07, 6.45) is 2.63. The molecule has 4 nitrogen and oxygen atoms in total. The van der Waals surface area contributed by atoms with Gasteiger partial charge in [0, 0.05) is 25.7 Å². The molecule has 0 aromatic heterocycles. The lowest BCUT2D eigenvalue weighted by atomic mass is 10.1. The fraction of sp³-hybridized carbons (Fsp3) is 1.00. The molecule has 0 radical (unpaired) electrons. The van der Waals surface area contributed by atoms with E-state index in [-0.39, 0.29) is 6.10 Å². The van der Waals surface area contributed by atoms with Crippen LogP contribution in [-0.4, -0.2) is 77.7 Å². The van der Waals surface area contributed by atoms with Crippen molar-refractivity contribution in [3.8, 4) is 0 Å². The Morgan fingerprint density at radius 2 is 1.57 bits per heavy atom. The lowest BCUT2D eigenvalue weighted by Gasteiger charge is -2.23. The summed E-state index contributed by atoms with van der Waals surface area (Å²) < 4.78 is 13.0. The number of aliphatic hydroxyl groups is 2. The molecule has 0 aliphatic carbocycles. The minimum Gasteiger partial charge on any atom is -0.392 e. The highest BCUT2D eigenvalue weighted by Crippen LogP contribution is 2.16. The molecular formula is C18H39FN2O2. The Hall–Kier alpha value is -0.230. The molecule has 2 saturated heterocycles. The summed E-state index contributed by atoms with van der Waals surface area (Å²) in [6.45, 7) is 11.8. The molecule has 2 heterocycles. The largest absolute Gasteiger partial charge is 0.392 e. The van der Waals surface area contributed by atoms with Gasteiger partial charge in [-0.25, -0.2) is 4.39 Å². The number of β-amino-alcohol motifs (C(OH)–C–C–N with tert-alkyl or cyclic N) is 1. The number of aliphatic hydroxyl groups excluding tert-OH is 2. The molecule has 0 spiro atoms. The predicted molar refractivity (Wildman–Crippen MR) is 95.5 cm³/mol. The van der Waals surface area contributed by atoms with Gasteiger partial charge < -0.3 is 20.0 Å². The van der Waals surface area contributed by atoms with Crippen molar-refractivity contribution in [1.82, 2.24) is 9.80 Å². The first-order valence-corrected chi connectivity index (χ1v) is 9.33. The van der Waals surface area contributed by atoms with Gasteiger partial charge in [-0.3, -0.25) is 0 Å². The number of hydrogen-bond acceptors (Lipinski definition) is 4. The van der Waals surface area contributed by atoms with Gasteiger partial charge in [0.15, 0.2) is 0 Å². The van der Waals surface area contributed by atoms with Gasteiger partial charge in [-0.2, -0.15) is 0 Å². The molecule has 140 valence electrons. The first-order chi connectivity index (χ1) is 10.9. The molecule has 5 heteroatoms. The summed E-state index contributed by atoms with van der Waals surface area (Å²) in [5.41, 5.74) is 0. The van der Waals surface area contributed by atoms with Crippen molar-refractivity contribution in [3.63, 3.8) is 0 Å². The maximum atomic E-state index is 13.0. The number of rotatable bonds is 1. The third-order valence-corrected chi connectivity index (χ3v) is 4.40. The molecule has 2 aliphatic rings. The molecule has 0 aromatic carbocycles. The van der Waals surface area contributed by atoms with E-state index < -0.39 is 12.3 Å². The topological polar surface area (TPSA) is 46.9 Å². The minimum absolute atomic E-state index is 0.0718. The van der Waals surface area contributed by atoms with Gasteiger partial charge in [-0.05, 0) is 59.5 Å². The van der Waals surface area contributed by atoms with E-state index in [2.05, 4.69) is 30.7 Å². The van der Waals surface area contributed by atoms with Crippen LogP contribution >= 0.6 is 0 Å². The number of hydrogen-bond donors (Lipinski definition) is 2. The molecule has 23 heavy (non-hydrogen) atoms. The summed E-state index contributed by atoms with van der Waals surface area (Å²) in [4.78, 5) is 4.40. The average molecular weight is 335 g/mol. The van der Waals surface area contributed by atoms with E-state index in [1.165, 1.54) is 12.8 Å². The van der Waals surface area contributed by atoms with Crippen LogP contribution in [0.25, 0.3) is 0 Å². The Balaban J connectivity index is 0.000000392. The number of likely N-dealkylation sites (N-methyl/N-ethyl adjacent to an activating group) is 1. The molecule has 0 saturated carbocycles. The average Bonchev–Trinajstić information content (AvgIpc) is 2.81. The summed E-state index contributed by atoms with van der Waals surface area (Å²) in [7, 11) is 2.06. The Kier molecular flexibility index (Phi) is 13.0. The van der Waals surface area contributed by atoms with Crippen molar-refractivity contribution in [2.24, 2.45) is 0 Å². The van der Waals surface area contributed by atoms with Crippen LogP contribution in [0.2, 0.25) is 0 Å². The normalized spacial score (nSPS) is 30.4. The molecule has 2 fully saturated rings. The van der Waals surface area contributed by atoms with Crippen LogP contribution in [0.3, 0.4) is 0 Å². The van der Waals surface area contributed by atoms with Crippen LogP contribution in [-0.2, 0) is 0 Å². The first kappa shape index (κ1) is 22.8. The summed E-state index contributed by atoms with van der Waals surface area (Å²) in [5, 5.41) is 18.5. The van der Waals surface area contributed by atoms with Crippen molar-refractivity contribution in [2.75, 3.05) is 33.2 Å². The zero-order valence-electron chi connectivity index (χ0n) is 15.8. The van der Waals surface area contributed by atoms with Gasteiger partial charge in [-0.1, -0.05) is 13.8 Å². The SMILES string of the molecule is CC.CC(C)N1CCC(O)C(F)CC1.CN1CCCCC(O)C1. The van der Waals surface area contributed by atoms with Gasteiger partial charge >= 0.3 is 0 Å². The van der Waals surface area contributed by atoms with Crippen LogP contribution in [0.4, 0.5) is 4.39 Å². The fourth-order valence-corrected chi connectivity index (χ4v) is 2.89. The minimum atomic E-state index is -1.02. The van der Waals surface area contributed by atoms with Gasteiger partial charge in [-0.15, -0.1) is 0 Å². The van der Waals surface area contributed by atoms with Crippen molar-refractivity contribution < 1.29 is 14.6 Å².